The maximum absolute atomic E-state index is 11.6. The maximum Gasteiger partial charge on any atom is 0.320 e. The fourth-order valence-electron chi connectivity index (χ4n) is 1.68. The summed E-state index contributed by atoms with van der Waals surface area (Å²) in [6.07, 6.45) is 0.0580. The third-order valence-electron chi connectivity index (χ3n) is 2.90. The van der Waals surface area contributed by atoms with E-state index in [1.807, 2.05) is 0 Å². The van der Waals surface area contributed by atoms with Gasteiger partial charge in [-0.1, -0.05) is 18.4 Å². The molecule has 0 aliphatic carbocycles. The van der Waals surface area contributed by atoms with Crippen molar-refractivity contribution in [2.45, 2.75) is 6.42 Å². The molecular formula is C17H18O5. The third-order valence-corrected chi connectivity index (χ3v) is 2.90. The molecule has 0 N–H and O–H groups in total. The Morgan fingerprint density at radius 3 is 2.09 bits per heavy atom. The predicted molar refractivity (Wildman–Crippen MR) is 81.2 cm³/mol. The van der Waals surface area contributed by atoms with Crippen molar-refractivity contribution in [3.05, 3.63) is 42.0 Å². The summed E-state index contributed by atoms with van der Waals surface area (Å²) in [6.45, 7) is 3.76. The molecule has 5 nitrogen and oxygen atoms in total. The number of methoxy groups -OCH3 is 3. The van der Waals surface area contributed by atoms with Crippen molar-refractivity contribution in [1.29, 1.82) is 0 Å². The van der Waals surface area contributed by atoms with Gasteiger partial charge in [0.15, 0.2) is 5.92 Å². The first-order valence-electron chi connectivity index (χ1n) is 6.51. The van der Waals surface area contributed by atoms with Crippen molar-refractivity contribution in [3.63, 3.8) is 0 Å². The Balaban J connectivity index is 2.77. The SMILES string of the molecule is C=C(C#Cc1ccc(OC)cc1)CC(C(=O)OC)C(=O)OC. The molecule has 1 aromatic rings. The summed E-state index contributed by atoms with van der Waals surface area (Å²) in [4.78, 5) is 23.1. The lowest BCUT2D eigenvalue weighted by atomic mass is 10.0. The Morgan fingerprint density at radius 1 is 1.09 bits per heavy atom. The van der Waals surface area contributed by atoms with Crippen LogP contribution in [0.5, 0.6) is 5.75 Å². The quantitative estimate of drug-likeness (QED) is 0.473. The average Bonchev–Trinajstić information content (AvgIpc) is 2.56. The first kappa shape index (κ1) is 17.3. The maximum atomic E-state index is 11.6. The number of rotatable bonds is 5. The highest BCUT2D eigenvalue weighted by molar-refractivity contribution is 5.95. The van der Waals surface area contributed by atoms with Crippen molar-refractivity contribution in [2.75, 3.05) is 21.3 Å². The Labute approximate surface area is 129 Å². The fourth-order valence-corrected chi connectivity index (χ4v) is 1.68. The Bertz CT molecular complexity index is 588. The van der Waals surface area contributed by atoms with E-state index in [4.69, 9.17) is 4.74 Å². The predicted octanol–water partition coefficient (Wildman–Crippen LogP) is 1.96. The molecule has 116 valence electrons. The van der Waals surface area contributed by atoms with Crippen molar-refractivity contribution in [2.24, 2.45) is 5.92 Å². The zero-order chi connectivity index (χ0) is 16.5. The van der Waals surface area contributed by atoms with Crippen LogP contribution in [0.3, 0.4) is 0 Å². The van der Waals surface area contributed by atoms with Crippen LogP contribution in [0.15, 0.2) is 36.4 Å². The van der Waals surface area contributed by atoms with Crippen LogP contribution in [-0.2, 0) is 19.1 Å². The molecule has 0 radical (unpaired) electrons. The molecule has 0 saturated carbocycles. The molecule has 1 rings (SSSR count). The van der Waals surface area contributed by atoms with Gasteiger partial charge in [-0.05, 0) is 29.8 Å². The van der Waals surface area contributed by atoms with Crippen LogP contribution in [0, 0.1) is 17.8 Å². The van der Waals surface area contributed by atoms with Gasteiger partial charge in [-0.25, -0.2) is 0 Å². The zero-order valence-corrected chi connectivity index (χ0v) is 12.8. The smallest absolute Gasteiger partial charge is 0.320 e. The van der Waals surface area contributed by atoms with E-state index in [2.05, 4.69) is 27.9 Å². The highest BCUT2D eigenvalue weighted by atomic mass is 16.5. The molecule has 0 aliphatic rings. The van der Waals surface area contributed by atoms with Gasteiger partial charge in [0, 0.05) is 12.0 Å². The first-order chi connectivity index (χ1) is 10.5. The number of hydrogen-bond donors (Lipinski definition) is 0. The molecule has 0 bridgehead atoms. The lowest BCUT2D eigenvalue weighted by molar-refractivity contribution is -0.158. The van der Waals surface area contributed by atoms with Crippen LogP contribution < -0.4 is 4.74 Å². The highest BCUT2D eigenvalue weighted by Crippen LogP contribution is 2.14. The van der Waals surface area contributed by atoms with Crippen LogP contribution in [0.2, 0.25) is 0 Å². The average molecular weight is 302 g/mol. The van der Waals surface area contributed by atoms with Crippen LogP contribution in [0.4, 0.5) is 0 Å². The van der Waals surface area contributed by atoms with E-state index >= 15 is 0 Å². The third kappa shape index (κ3) is 4.98. The van der Waals surface area contributed by atoms with Gasteiger partial charge in [-0.2, -0.15) is 0 Å². The Hall–Kier alpha value is -2.74. The monoisotopic (exact) mass is 302 g/mol. The largest absolute Gasteiger partial charge is 0.497 e. The second kappa shape index (κ2) is 8.53. The molecule has 1 aromatic carbocycles. The number of carbonyl (C=O) groups is 2. The number of hydrogen-bond acceptors (Lipinski definition) is 5. The van der Waals surface area contributed by atoms with Crippen LogP contribution >= 0.6 is 0 Å². The molecule has 0 unspecified atom stereocenters. The molecular weight excluding hydrogens is 284 g/mol. The summed E-state index contributed by atoms with van der Waals surface area (Å²) in [7, 11) is 4.01. The molecule has 0 aliphatic heterocycles. The molecule has 0 aromatic heterocycles. The van der Waals surface area contributed by atoms with Crippen molar-refractivity contribution in [3.8, 4) is 17.6 Å². The van der Waals surface area contributed by atoms with E-state index in [1.54, 1.807) is 31.4 Å². The van der Waals surface area contributed by atoms with Crippen LogP contribution in [-0.4, -0.2) is 33.3 Å². The molecule has 5 heteroatoms. The van der Waals surface area contributed by atoms with E-state index in [-0.39, 0.29) is 6.42 Å². The fraction of sp³-hybridized carbons (Fsp3) is 0.294. The topological polar surface area (TPSA) is 61.8 Å². The van der Waals surface area contributed by atoms with Crippen molar-refractivity contribution >= 4 is 11.9 Å². The molecule has 0 spiro atoms. The van der Waals surface area contributed by atoms with Crippen molar-refractivity contribution in [1.82, 2.24) is 0 Å². The highest BCUT2D eigenvalue weighted by Gasteiger charge is 2.28. The van der Waals surface area contributed by atoms with Crippen molar-refractivity contribution < 1.29 is 23.8 Å². The first-order valence-corrected chi connectivity index (χ1v) is 6.51. The van der Waals surface area contributed by atoms with E-state index in [1.165, 1.54) is 14.2 Å². The lowest BCUT2D eigenvalue weighted by Crippen LogP contribution is -2.26. The van der Waals surface area contributed by atoms with Gasteiger partial charge in [-0.3, -0.25) is 9.59 Å². The molecule has 0 saturated heterocycles. The van der Waals surface area contributed by atoms with Gasteiger partial charge in [0.1, 0.15) is 5.75 Å². The lowest BCUT2D eigenvalue weighted by Gasteiger charge is -2.11. The van der Waals surface area contributed by atoms with Crippen LogP contribution in [0.1, 0.15) is 12.0 Å². The summed E-state index contributed by atoms with van der Waals surface area (Å²) in [6, 6.07) is 7.19. The zero-order valence-electron chi connectivity index (χ0n) is 12.8. The molecule has 0 fully saturated rings. The van der Waals surface area contributed by atoms with Crippen LogP contribution in [0.25, 0.3) is 0 Å². The second-order valence-corrected chi connectivity index (χ2v) is 4.39. The summed E-state index contributed by atoms with van der Waals surface area (Å²) in [5, 5.41) is 0. The summed E-state index contributed by atoms with van der Waals surface area (Å²) < 4.78 is 14.2. The van der Waals surface area contributed by atoms with E-state index in [0.717, 1.165) is 11.3 Å². The summed E-state index contributed by atoms with van der Waals surface area (Å²) >= 11 is 0. The second-order valence-electron chi connectivity index (χ2n) is 4.39. The van der Waals surface area contributed by atoms with Gasteiger partial charge in [0.25, 0.3) is 0 Å². The summed E-state index contributed by atoms with van der Waals surface area (Å²) in [5.74, 6) is 4.08. The number of allylic oxidation sites excluding steroid dienone is 1. The summed E-state index contributed by atoms with van der Waals surface area (Å²) in [5.41, 5.74) is 1.21. The standard InChI is InChI=1S/C17H18O5/c1-12(11-15(16(18)21-3)17(19)22-4)5-6-13-7-9-14(20-2)10-8-13/h7-10,15H,1,11H2,2-4H3. The van der Waals surface area contributed by atoms with Gasteiger partial charge in [0.2, 0.25) is 0 Å². The molecule has 0 atom stereocenters. The van der Waals surface area contributed by atoms with Gasteiger partial charge in [0.05, 0.1) is 21.3 Å². The Kier molecular flexibility index (Phi) is 6.71. The number of carbonyl (C=O) groups excluding carboxylic acids is 2. The van der Waals surface area contributed by atoms with E-state index in [9.17, 15) is 9.59 Å². The Morgan fingerprint density at radius 2 is 1.64 bits per heavy atom. The minimum Gasteiger partial charge on any atom is -0.497 e. The minimum atomic E-state index is -1.05. The van der Waals surface area contributed by atoms with Gasteiger partial charge < -0.3 is 14.2 Å². The molecule has 0 heterocycles. The number of benzene rings is 1. The van der Waals surface area contributed by atoms with E-state index in [0.29, 0.717) is 5.57 Å². The van der Waals surface area contributed by atoms with E-state index < -0.39 is 17.9 Å². The number of ether oxygens (including phenoxy) is 3. The molecule has 22 heavy (non-hydrogen) atoms. The minimum absolute atomic E-state index is 0.0580. The number of esters is 2. The molecule has 0 amide bonds. The van der Waals surface area contributed by atoms with Gasteiger partial charge >= 0.3 is 11.9 Å². The normalized spacial score (nSPS) is 9.45. The van der Waals surface area contributed by atoms with Gasteiger partial charge in [-0.15, -0.1) is 0 Å².